The number of thioether (sulfide) groups is 2. The van der Waals surface area contributed by atoms with Crippen LogP contribution in [-0.4, -0.2) is 33.5 Å². The summed E-state index contributed by atoms with van der Waals surface area (Å²) in [5, 5.41) is 14.0. The molecule has 0 fully saturated rings. The summed E-state index contributed by atoms with van der Waals surface area (Å²) in [5.41, 5.74) is 3.96. The maximum Gasteiger partial charge on any atom is 0.234 e. The Morgan fingerprint density at radius 1 is 0.806 bits per heavy atom. The van der Waals surface area contributed by atoms with E-state index < -0.39 is 0 Å². The van der Waals surface area contributed by atoms with Crippen LogP contribution < -0.4 is 10.6 Å². The molecule has 0 aliphatic rings. The van der Waals surface area contributed by atoms with Gasteiger partial charge in [0, 0.05) is 11.4 Å². The zero-order valence-corrected chi connectivity index (χ0v) is 19.8. The predicted octanol–water partition coefficient (Wildman–Crippen LogP) is 5.12. The van der Waals surface area contributed by atoms with Gasteiger partial charge in [-0.15, -0.1) is 10.2 Å². The van der Waals surface area contributed by atoms with Crippen molar-refractivity contribution in [2.75, 3.05) is 22.1 Å². The van der Waals surface area contributed by atoms with Gasteiger partial charge in [0.15, 0.2) is 8.68 Å². The van der Waals surface area contributed by atoms with Crippen LogP contribution in [0.1, 0.15) is 25.0 Å². The van der Waals surface area contributed by atoms with E-state index in [2.05, 4.69) is 34.7 Å². The third-order valence-electron chi connectivity index (χ3n) is 4.28. The van der Waals surface area contributed by atoms with Crippen molar-refractivity contribution < 1.29 is 9.59 Å². The number of aromatic nitrogens is 2. The summed E-state index contributed by atoms with van der Waals surface area (Å²) in [4.78, 5) is 24.4. The van der Waals surface area contributed by atoms with Crippen molar-refractivity contribution in [2.24, 2.45) is 0 Å². The van der Waals surface area contributed by atoms with Crippen molar-refractivity contribution in [3.05, 3.63) is 59.7 Å². The van der Waals surface area contributed by atoms with Crippen molar-refractivity contribution in [3.63, 3.8) is 0 Å². The minimum atomic E-state index is -0.0867. The van der Waals surface area contributed by atoms with Gasteiger partial charge >= 0.3 is 0 Å². The summed E-state index contributed by atoms with van der Waals surface area (Å²) >= 11 is 4.06. The molecule has 2 amide bonds. The summed E-state index contributed by atoms with van der Waals surface area (Å²) in [6.45, 7) is 4.16. The van der Waals surface area contributed by atoms with Crippen molar-refractivity contribution in [2.45, 2.75) is 35.4 Å². The van der Waals surface area contributed by atoms with Crippen LogP contribution in [0, 0.1) is 0 Å². The van der Waals surface area contributed by atoms with Gasteiger partial charge in [-0.25, -0.2) is 0 Å². The van der Waals surface area contributed by atoms with E-state index in [0.29, 0.717) is 8.68 Å². The lowest BCUT2D eigenvalue weighted by Gasteiger charge is -2.06. The molecule has 0 saturated heterocycles. The molecule has 2 aromatic carbocycles. The Hall–Kier alpha value is -2.36. The summed E-state index contributed by atoms with van der Waals surface area (Å²) < 4.78 is 1.41. The third-order valence-corrected chi connectivity index (χ3v) is 7.47. The third kappa shape index (κ3) is 7.68. The van der Waals surface area contributed by atoms with E-state index in [1.165, 1.54) is 46.0 Å². The van der Waals surface area contributed by atoms with Gasteiger partial charge in [0.2, 0.25) is 11.8 Å². The van der Waals surface area contributed by atoms with Crippen molar-refractivity contribution in [3.8, 4) is 0 Å². The molecule has 0 aliphatic carbocycles. The second kappa shape index (κ2) is 11.9. The molecule has 0 aliphatic heterocycles. The van der Waals surface area contributed by atoms with E-state index in [0.717, 1.165) is 24.2 Å². The molecule has 0 atom stereocenters. The SMILES string of the molecule is CCc1cccc(NC(=O)CSc2nnc(SCC(=O)Nc3cccc(CC)c3)s2)c1. The molecule has 0 radical (unpaired) electrons. The average Bonchev–Trinajstić information content (AvgIpc) is 3.24. The molecular weight excluding hydrogens is 448 g/mol. The highest BCUT2D eigenvalue weighted by Crippen LogP contribution is 2.29. The van der Waals surface area contributed by atoms with E-state index in [-0.39, 0.29) is 23.3 Å². The van der Waals surface area contributed by atoms with Crippen LogP contribution in [0.25, 0.3) is 0 Å². The smallest absolute Gasteiger partial charge is 0.234 e. The highest BCUT2D eigenvalue weighted by Gasteiger charge is 2.11. The standard InChI is InChI=1S/C22H24N4O2S3/c1-3-15-7-5-9-17(11-15)23-19(27)13-29-21-25-26-22(31-21)30-14-20(28)24-18-10-6-8-16(4-2)12-18/h5-12H,3-4,13-14H2,1-2H3,(H,23,27)(H,24,28). The Labute approximate surface area is 194 Å². The number of carbonyl (C=O) groups is 2. The Kier molecular flexibility index (Phi) is 8.93. The van der Waals surface area contributed by atoms with Crippen LogP contribution >= 0.6 is 34.9 Å². The predicted molar refractivity (Wildman–Crippen MR) is 130 cm³/mol. The van der Waals surface area contributed by atoms with Crippen molar-refractivity contribution >= 4 is 58.0 Å². The summed E-state index contributed by atoms with van der Waals surface area (Å²) in [6.07, 6.45) is 1.85. The largest absolute Gasteiger partial charge is 0.325 e. The van der Waals surface area contributed by atoms with Crippen molar-refractivity contribution in [1.82, 2.24) is 10.2 Å². The van der Waals surface area contributed by atoms with E-state index in [9.17, 15) is 9.59 Å². The van der Waals surface area contributed by atoms with Crippen LogP contribution in [0.15, 0.2) is 57.2 Å². The van der Waals surface area contributed by atoms with E-state index in [1.807, 2.05) is 48.5 Å². The second-order valence-electron chi connectivity index (χ2n) is 6.62. The average molecular weight is 473 g/mol. The second-order valence-corrected chi connectivity index (χ2v) is 10.0. The topological polar surface area (TPSA) is 84.0 Å². The zero-order chi connectivity index (χ0) is 22.1. The first-order chi connectivity index (χ1) is 15.1. The van der Waals surface area contributed by atoms with Gasteiger partial charge in [-0.2, -0.15) is 0 Å². The molecule has 0 bridgehead atoms. The molecule has 0 unspecified atom stereocenters. The lowest BCUT2D eigenvalue weighted by Crippen LogP contribution is -2.14. The first kappa shape index (κ1) is 23.3. The highest BCUT2D eigenvalue weighted by molar-refractivity contribution is 8.03. The fourth-order valence-corrected chi connectivity index (χ4v) is 5.32. The number of benzene rings is 2. The zero-order valence-electron chi connectivity index (χ0n) is 17.4. The van der Waals surface area contributed by atoms with Gasteiger partial charge in [0.05, 0.1) is 11.5 Å². The molecular formula is C22H24N4O2S3. The molecule has 6 nitrogen and oxygen atoms in total. The van der Waals surface area contributed by atoms with Gasteiger partial charge in [-0.1, -0.05) is 73.0 Å². The molecule has 3 aromatic rings. The number of nitrogens with one attached hydrogen (secondary N) is 2. The van der Waals surface area contributed by atoms with Gasteiger partial charge in [0.25, 0.3) is 0 Å². The Morgan fingerprint density at radius 3 is 1.68 bits per heavy atom. The van der Waals surface area contributed by atoms with Gasteiger partial charge in [-0.3, -0.25) is 9.59 Å². The fraction of sp³-hybridized carbons (Fsp3) is 0.273. The lowest BCUT2D eigenvalue weighted by molar-refractivity contribution is -0.114. The molecule has 0 saturated carbocycles. The quantitative estimate of drug-likeness (QED) is 0.398. The van der Waals surface area contributed by atoms with Gasteiger partial charge in [-0.05, 0) is 48.2 Å². The Balaban J connectivity index is 1.42. The summed E-state index contributed by atoms with van der Waals surface area (Å²) in [7, 11) is 0. The normalized spacial score (nSPS) is 10.6. The van der Waals surface area contributed by atoms with Crippen LogP contribution in [0.3, 0.4) is 0 Å². The molecule has 1 aromatic heterocycles. The van der Waals surface area contributed by atoms with Crippen molar-refractivity contribution in [1.29, 1.82) is 0 Å². The van der Waals surface area contributed by atoms with Crippen LogP contribution in [0.4, 0.5) is 11.4 Å². The number of anilines is 2. The maximum atomic E-state index is 12.2. The number of nitrogens with zero attached hydrogens (tertiary/aromatic N) is 2. The molecule has 162 valence electrons. The fourth-order valence-electron chi connectivity index (χ4n) is 2.70. The Morgan fingerprint density at radius 2 is 1.26 bits per heavy atom. The lowest BCUT2D eigenvalue weighted by atomic mass is 10.1. The minimum Gasteiger partial charge on any atom is -0.325 e. The summed E-state index contributed by atoms with van der Waals surface area (Å²) in [5.74, 6) is 0.334. The molecule has 9 heteroatoms. The number of rotatable bonds is 10. The van der Waals surface area contributed by atoms with Crippen LogP contribution in [-0.2, 0) is 22.4 Å². The van der Waals surface area contributed by atoms with E-state index in [1.54, 1.807) is 0 Å². The van der Waals surface area contributed by atoms with Gasteiger partial charge < -0.3 is 10.6 Å². The molecule has 31 heavy (non-hydrogen) atoms. The minimum absolute atomic E-state index is 0.0867. The maximum absolute atomic E-state index is 12.2. The molecule has 3 rings (SSSR count). The van der Waals surface area contributed by atoms with Crippen LogP contribution in [0.5, 0.6) is 0 Å². The number of carbonyl (C=O) groups excluding carboxylic acids is 2. The number of hydrogen-bond donors (Lipinski definition) is 2. The van der Waals surface area contributed by atoms with Gasteiger partial charge in [0.1, 0.15) is 0 Å². The Bertz CT molecular complexity index is 959. The first-order valence-electron chi connectivity index (χ1n) is 9.92. The summed E-state index contributed by atoms with van der Waals surface area (Å²) in [6, 6.07) is 15.7. The first-order valence-corrected chi connectivity index (χ1v) is 12.7. The number of aryl methyl sites for hydroxylation is 2. The molecule has 1 heterocycles. The number of amides is 2. The monoisotopic (exact) mass is 472 g/mol. The van der Waals surface area contributed by atoms with E-state index in [4.69, 9.17) is 0 Å². The molecule has 2 N–H and O–H groups in total. The highest BCUT2D eigenvalue weighted by atomic mass is 32.2. The number of hydrogen-bond acceptors (Lipinski definition) is 7. The molecule has 0 spiro atoms. The van der Waals surface area contributed by atoms with E-state index >= 15 is 0 Å². The van der Waals surface area contributed by atoms with Crippen LogP contribution in [0.2, 0.25) is 0 Å².